The number of nitrogens with one attached hydrogen (secondary N) is 2. The van der Waals surface area contributed by atoms with Crippen molar-refractivity contribution in [2.75, 3.05) is 0 Å². The molecule has 8 nitrogen and oxygen atoms in total. The molecule has 0 saturated carbocycles. The molecule has 0 spiro atoms. The minimum absolute atomic E-state index is 0.0192. The molecule has 0 saturated heterocycles. The van der Waals surface area contributed by atoms with E-state index in [9.17, 15) is 4.39 Å². The first-order chi connectivity index (χ1) is 17.6. The van der Waals surface area contributed by atoms with Crippen LogP contribution in [-0.2, 0) is 0 Å². The number of hydrogen-bond acceptors (Lipinski definition) is 6. The Morgan fingerprint density at radius 1 is 1.22 bits per heavy atom. The summed E-state index contributed by atoms with van der Waals surface area (Å²) in [6.07, 6.45) is 11.3. The zero-order chi connectivity index (χ0) is 25.5. The Morgan fingerprint density at radius 3 is 2.67 bits per heavy atom. The van der Waals surface area contributed by atoms with Crippen LogP contribution >= 0.6 is 0 Å². The topological polar surface area (TPSA) is 97.2 Å². The van der Waals surface area contributed by atoms with Crippen LogP contribution in [0.4, 0.5) is 4.39 Å². The maximum atomic E-state index is 13.5. The molecule has 0 aliphatic rings. The number of nitrogens with zero attached hydrogens (tertiary/aromatic N) is 6. The van der Waals surface area contributed by atoms with Gasteiger partial charge in [-0.05, 0) is 73.0 Å². The van der Waals surface area contributed by atoms with Crippen LogP contribution in [0, 0.1) is 5.82 Å². The highest BCUT2D eigenvalue weighted by atomic mass is 19.1. The minimum Gasteiger partial charge on any atom is -0.378 e. The highest BCUT2D eigenvalue weighted by Gasteiger charge is 2.19. The lowest BCUT2D eigenvalue weighted by Crippen LogP contribution is -2.21. The average Bonchev–Trinajstić information content (AvgIpc) is 3.59. The lowest BCUT2D eigenvalue weighted by atomic mass is 9.98. The van der Waals surface area contributed by atoms with Crippen molar-refractivity contribution in [3.05, 3.63) is 95.9 Å². The van der Waals surface area contributed by atoms with Gasteiger partial charge in [0.2, 0.25) is 5.82 Å². The minimum atomic E-state index is -0.290. The van der Waals surface area contributed by atoms with Crippen LogP contribution in [0.3, 0.4) is 0 Å². The Kier molecular flexibility index (Phi) is 7.79. The normalized spacial score (nSPS) is 13.0. The van der Waals surface area contributed by atoms with E-state index in [2.05, 4.69) is 68.6 Å². The lowest BCUT2D eigenvalue weighted by molar-refractivity contribution is 0.587. The second-order valence-electron chi connectivity index (χ2n) is 8.08. The largest absolute Gasteiger partial charge is 0.378 e. The molecule has 1 aromatic carbocycles. The van der Waals surface area contributed by atoms with Crippen LogP contribution in [0.25, 0.3) is 28.9 Å². The number of benzene rings is 1. The molecule has 0 amide bonds. The summed E-state index contributed by atoms with van der Waals surface area (Å²) < 4.78 is 15.2. The van der Waals surface area contributed by atoms with Crippen molar-refractivity contribution in [2.45, 2.75) is 39.7 Å². The number of rotatable bonds is 10. The molecule has 1 atom stereocenters. The second kappa shape index (κ2) is 11.4. The number of tetrazole rings is 1. The van der Waals surface area contributed by atoms with Gasteiger partial charge in [0.05, 0.1) is 23.6 Å². The van der Waals surface area contributed by atoms with Crippen LogP contribution in [-0.4, -0.2) is 35.4 Å². The predicted octanol–water partition coefficient (Wildman–Crippen LogP) is 5.67. The predicted molar refractivity (Wildman–Crippen MR) is 139 cm³/mol. The van der Waals surface area contributed by atoms with Crippen LogP contribution in [0.5, 0.6) is 0 Å². The quantitative estimate of drug-likeness (QED) is 0.282. The van der Waals surface area contributed by atoms with E-state index in [1.807, 2.05) is 25.3 Å². The zero-order valence-electron chi connectivity index (χ0n) is 20.6. The van der Waals surface area contributed by atoms with Gasteiger partial charge in [-0.15, -0.1) is 10.2 Å². The molecule has 3 heterocycles. The van der Waals surface area contributed by atoms with E-state index in [1.54, 1.807) is 29.1 Å². The third kappa shape index (κ3) is 5.14. The molecule has 2 N–H and O–H groups in total. The monoisotopic (exact) mass is 484 g/mol. The smallest absolute Gasteiger partial charge is 0.222 e. The van der Waals surface area contributed by atoms with Gasteiger partial charge < -0.3 is 5.32 Å². The fraction of sp³-hybridized carbons (Fsp3) is 0.222. The summed E-state index contributed by atoms with van der Waals surface area (Å²) in [5.74, 6) is 0.163. The van der Waals surface area contributed by atoms with Crippen LogP contribution in [0.1, 0.15) is 56.5 Å². The number of halogens is 1. The molecule has 0 bridgehead atoms. The van der Waals surface area contributed by atoms with Crippen molar-refractivity contribution in [2.24, 2.45) is 0 Å². The zero-order valence-corrected chi connectivity index (χ0v) is 20.6. The molecule has 4 aromatic rings. The summed E-state index contributed by atoms with van der Waals surface area (Å²) in [6.45, 7) is 10.3. The van der Waals surface area contributed by atoms with E-state index >= 15 is 0 Å². The Hall–Kier alpha value is -4.40. The standard InChI is InChI=1S/C27H29FN8/c1-5-9-24(31-23(7-3)18-14-15-29-25(16-18)27-32-34-35-33-27)21(6-2)22-17-30-36(26(22)8-4)20-12-10-19(28)11-13-20/h6,8-17,23,31H,4-5,7H2,1-3H3,(H,32,33,34,35)/b21-6+,24-9+. The molecule has 0 fully saturated rings. The van der Waals surface area contributed by atoms with Crippen LogP contribution in [0.15, 0.2) is 73.2 Å². The van der Waals surface area contributed by atoms with Gasteiger partial charge in [0.25, 0.3) is 0 Å². The van der Waals surface area contributed by atoms with Crippen molar-refractivity contribution < 1.29 is 4.39 Å². The van der Waals surface area contributed by atoms with Gasteiger partial charge in [-0.3, -0.25) is 4.98 Å². The number of hydrogen-bond donors (Lipinski definition) is 2. The summed E-state index contributed by atoms with van der Waals surface area (Å²) in [7, 11) is 0. The van der Waals surface area contributed by atoms with Crippen LogP contribution < -0.4 is 5.32 Å². The highest BCUT2D eigenvalue weighted by Crippen LogP contribution is 2.30. The molecule has 0 radical (unpaired) electrons. The summed E-state index contributed by atoms with van der Waals surface area (Å²) in [4.78, 5) is 4.39. The Morgan fingerprint density at radius 2 is 2.03 bits per heavy atom. The molecule has 0 aliphatic heterocycles. The molecule has 36 heavy (non-hydrogen) atoms. The van der Waals surface area contributed by atoms with Gasteiger partial charge in [0, 0.05) is 23.0 Å². The molecule has 9 heteroatoms. The molecule has 3 aromatic heterocycles. The number of pyridine rings is 1. The Labute approximate surface area is 209 Å². The Bertz CT molecular complexity index is 1370. The van der Waals surface area contributed by atoms with E-state index in [1.165, 1.54) is 12.1 Å². The van der Waals surface area contributed by atoms with Crippen molar-refractivity contribution in [1.82, 2.24) is 40.7 Å². The van der Waals surface area contributed by atoms with Crippen LogP contribution in [0.2, 0.25) is 0 Å². The fourth-order valence-corrected chi connectivity index (χ4v) is 4.12. The van der Waals surface area contributed by atoms with Gasteiger partial charge in [0.1, 0.15) is 11.5 Å². The van der Waals surface area contributed by atoms with Gasteiger partial charge in [-0.25, -0.2) is 9.07 Å². The van der Waals surface area contributed by atoms with E-state index in [-0.39, 0.29) is 11.9 Å². The van der Waals surface area contributed by atoms with E-state index in [0.717, 1.165) is 46.6 Å². The van der Waals surface area contributed by atoms with E-state index in [4.69, 9.17) is 0 Å². The van der Waals surface area contributed by atoms with Crippen molar-refractivity contribution in [1.29, 1.82) is 0 Å². The van der Waals surface area contributed by atoms with Crippen molar-refractivity contribution >= 4 is 11.6 Å². The first-order valence-electron chi connectivity index (χ1n) is 11.9. The summed E-state index contributed by atoms with van der Waals surface area (Å²) in [6, 6.07) is 10.2. The van der Waals surface area contributed by atoms with E-state index < -0.39 is 0 Å². The lowest BCUT2D eigenvalue weighted by Gasteiger charge is -2.23. The SMILES string of the molecule is C=Cc1c(C(=C\C)/C(=C\CC)NC(CC)c2ccnc(-c3nn[nH]n3)c2)cnn1-c1ccc(F)cc1. The number of allylic oxidation sites excluding steroid dienone is 3. The molecule has 4 rings (SSSR count). The van der Waals surface area contributed by atoms with Crippen molar-refractivity contribution in [3.63, 3.8) is 0 Å². The van der Waals surface area contributed by atoms with Gasteiger partial charge in [0.15, 0.2) is 0 Å². The molecule has 184 valence electrons. The maximum Gasteiger partial charge on any atom is 0.222 e. The summed E-state index contributed by atoms with van der Waals surface area (Å²) >= 11 is 0. The number of H-pyrrole nitrogens is 1. The fourth-order valence-electron chi connectivity index (χ4n) is 4.12. The Balaban J connectivity index is 1.68. The third-order valence-electron chi connectivity index (χ3n) is 5.85. The number of aromatic amines is 1. The van der Waals surface area contributed by atoms with Gasteiger partial charge in [-0.1, -0.05) is 32.6 Å². The first-order valence-corrected chi connectivity index (χ1v) is 11.9. The summed E-state index contributed by atoms with van der Waals surface area (Å²) in [5, 5.41) is 22.5. The van der Waals surface area contributed by atoms with E-state index in [0.29, 0.717) is 11.5 Å². The average molecular weight is 485 g/mol. The number of aromatic nitrogens is 7. The summed E-state index contributed by atoms with van der Waals surface area (Å²) in [5.41, 5.74) is 6.24. The third-order valence-corrected chi connectivity index (χ3v) is 5.85. The second-order valence-corrected chi connectivity index (χ2v) is 8.08. The molecular weight excluding hydrogens is 455 g/mol. The van der Waals surface area contributed by atoms with Gasteiger partial charge >= 0.3 is 0 Å². The molecular formula is C27H29FN8. The first kappa shape index (κ1) is 24.7. The maximum absolute atomic E-state index is 13.5. The van der Waals surface area contributed by atoms with Gasteiger partial charge in [-0.2, -0.15) is 10.3 Å². The van der Waals surface area contributed by atoms with Crippen molar-refractivity contribution in [3.8, 4) is 17.2 Å². The molecule has 0 aliphatic carbocycles. The highest BCUT2D eigenvalue weighted by molar-refractivity contribution is 5.82. The molecule has 1 unspecified atom stereocenters.